The van der Waals surface area contributed by atoms with Crippen molar-refractivity contribution in [2.24, 2.45) is 7.05 Å². The van der Waals surface area contributed by atoms with E-state index >= 15 is 0 Å². The Morgan fingerprint density at radius 1 is 1.37 bits per heavy atom. The maximum atomic E-state index is 13.1. The smallest absolute Gasteiger partial charge is 0.252 e. The van der Waals surface area contributed by atoms with Crippen molar-refractivity contribution in [3.63, 3.8) is 0 Å². The second kappa shape index (κ2) is 6.96. The Hall–Kier alpha value is -3.00. The van der Waals surface area contributed by atoms with Gasteiger partial charge in [0.1, 0.15) is 0 Å². The van der Waals surface area contributed by atoms with Crippen molar-refractivity contribution >= 4 is 28.3 Å². The first-order valence-electron chi connectivity index (χ1n) is 8.69. The zero-order valence-corrected chi connectivity index (χ0v) is 16.2. The van der Waals surface area contributed by atoms with Crippen molar-refractivity contribution in [1.82, 2.24) is 29.9 Å². The van der Waals surface area contributed by atoms with Crippen molar-refractivity contribution < 1.29 is 4.79 Å². The lowest BCUT2D eigenvalue weighted by Gasteiger charge is -2.15. The summed E-state index contributed by atoms with van der Waals surface area (Å²) in [6.45, 7) is 4.48. The number of rotatable bonds is 5. The Balaban J connectivity index is 1.71. The van der Waals surface area contributed by atoms with Crippen molar-refractivity contribution in [1.29, 1.82) is 0 Å². The lowest BCUT2D eigenvalue weighted by molar-refractivity contribution is 0.0937. The van der Waals surface area contributed by atoms with Crippen LogP contribution < -0.4 is 5.32 Å². The highest BCUT2D eigenvalue weighted by molar-refractivity contribution is 7.13. The Morgan fingerprint density at radius 2 is 2.22 bits per heavy atom. The molecule has 4 aromatic heterocycles. The van der Waals surface area contributed by atoms with E-state index in [9.17, 15) is 4.79 Å². The highest BCUT2D eigenvalue weighted by Crippen LogP contribution is 2.29. The molecule has 138 valence electrons. The van der Waals surface area contributed by atoms with E-state index in [0.29, 0.717) is 17.8 Å². The second-order valence-corrected chi connectivity index (χ2v) is 7.49. The molecule has 0 aliphatic heterocycles. The minimum absolute atomic E-state index is 0.0669. The van der Waals surface area contributed by atoms with Crippen LogP contribution in [0.5, 0.6) is 0 Å². The highest BCUT2D eigenvalue weighted by Gasteiger charge is 2.20. The first-order valence-corrected chi connectivity index (χ1v) is 9.57. The topological polar surface area (TPSA) is 77.6 Å². The average Bonchev–Trinajstić information content (AvgIpc) is 3.37. The minimum atomic E-state index is -0.129. The molecule has 0 aliphatic rings. The van der Waals surface area contributed by atoms with Crippen molar-refractivity contribution in [2.45, 2.75) is 26.4 Å². The average molecular weight is 380 g/mol. The Labute approximate surface area is 160 Å². The minimum Gasteiger partial charge on any atom is -0.348 e. The second-order valence-electron chi connectivity index (χ2n) is 6.54. The fourth-order valence-electron chi connectivity index (χ4n) is 3.21. The quantitative estimate of drug-likeness (QED) is 0.577. The van der Waals surface area contributed by atoms with E-state index in [1.165, 1.54) is 0 Å². The van der Waals surface area contributed by atoms with E-state index in [2.05, 4.69) is 15.5 Å². The summed E-state index contributed by atoms with van der Waals surface area (Å²) in [4.78, 5) is 18.8. The summed E-state index contributed by atoms with van der Waals surface area (Å²) in [7, 11) is 1.85. The van der Waals surface area contributed by atoms with Gasteiger partial charge < -0.3 is 5.32 Å². The first-order chi connectivity index (χ1) is 13.0. The molecule has 1 amide bonds. The molecule has 27 heavy (non-hydrogen) atoms. The van der Waals surface area contributed by atoms with Gasteiger partial charge in [0.15, 0.2) is 5.65 Å². The van der Waals surface area contributed by atoms with Gasteiger partial charge in [0, 0.05) is 25.5 Å². The van der Waals surface area contributed by atoms with Crippen LogP contribution in [0.1, 0.15) is 23.0 Å². The number of thiophene rings is 1. The molecule has 1 N–H and O–H groups in total. The molecule has 0 radical (unpaired) electrons. The van der Waals surface area contributed by atoms with E-state index < -0.39 is 0 Å². The summed E-state index contributed by atoms with van der Waals surface area (Å²) in [5.74, 6) is -0.129. The van der Waals surface area contributed by atoms with Crippen LogP contribution in [0.3, 0.4) is 0 Å². The molecule has 0 unspecified atom stereocenters. The molecule has 0 aromatic carbocycles. The van der Waals surface area contributed by atoms with Gasteiger partial charge in [0.05, 0.1) is 33.8 Å². The molecule has 4 aromatic rings. The number of fused-ring (bicyclic) bond motifs is 1. The molecular formula is C19H20N6OS. The van der Waals surface area contributed by atoms with Crippen molar-refractivity contribution in [2.75, 3.05) is 0 Å². The third-order valence-corrected chi connectivity index (χ3v) is 5.28. The van der Waals surface area contributed by atoms with Gasteiger partial charge in [0.25, 0.3) is 5.91 Å². The van der Waals surface area contributed by atoms with Gasteiger partial charge >= 0.3 is 0 Å². The van der Waals surface area contributed by atoms with Crippen LogP contribution in [-0.2, 0) is 13.6 Å². The van der Waals surface area contributed by atoms with Crippen molar-refractivity contribution in [3.05, 3.63) is 53.3 Å². The molecule has 0 saturated heterocycles. The number of aryl methyl sites for hydroxylation is 2. The molecule has 0 aliphatic carbocycles. The number of carbonyl (C=O) groups excluding carboxylic acids is 1. The number of hydrogen-bond acceptors (Lipinski definition) is 5. The first kappa shape index (κ1) is 17.4. The van der Waals surface area contributed by atoms with Crippen molar-refractivity contribution in [3.8, 4) is 10.6 Å². The summed E-state index contributed by atoms with van der Waals surface area (Å²) < 4.78 is 3.53. The zero-order chi connectivity index (χ0) is 19.0. The Bertz CT molecular complexity index is 1080. The lowest BCUT2D eigenvalue weighted by atomic mass is 10.1. The Morgan fingerprint density at radius 3 is 2.93 bits per heavy atom. The number of nitrogens with one attached hydrogen (secondary N) is 1. The van der Waals surface area contributed by atoms with Crippen LogP contribution in [0.4, 0.5) is 0 Å². The summed E-state index contributed by atoms with van der Waals surface area (Å²) >= 11 is 1.60. The van der Waals surface area contributed by atoms with E-state index in [0.717, 1.165) is 21.7 Å². The summed E-state index contributed by atoms with van der Waals surface area (Å²) in [5.41, 5.74) is 2.89. The van der Waals surface area contributed by atoms with E-state index in [-0.39, 0.29) is 11.9 Å². The van der Waals surface area contributed by atoms with Gasteiger partial charge in [-0.3, -0.25) is 14.2 Å². The monoisotopic (exact) mass is 380 g/mol. The normalized spacial score (nSPS) is 12.4. The van der Waals surface area contributed by atoms with E-state index in [1.807, 2.05) is 56.7 Å². The SMILES string of the molecule is Cc1nn(C)c2nc(-c3cccs3)cc(C(=O)N[C@@H](C)Cn3cccn3)c12. The summed E-state index contributed by atoms with van der Waals surface area (Å²) in [5, 5.41) is 14.5. The van der Waals surface area contributed by atoms with E-state index in [1.54, 1.807) is 26.9 Å². The molecule has 4 rings (SSSR count). The predicted molar refractivity (Wildman–Crippen MR) is 106 cm³/mol. The van der Waals surface area contributed by atoms with Crippen LogP contribution in [0.25, 0.3) is 21.6 Å². The molecule has 1 atom stereocenters. The van der Waals surface area contributed by atoms with Gasteiger partial charge in [0.2, 0.25) is 0 Å². The maximum absolute atomic E-state index is 13.1. The van der Waals surface area contributed by atoms with Crippen LogP contribution >= 0.6 is 11.3 Å². The number of pyridine rings is 1. The predicted octanol–water partition coefficient (Wildman–Crippen LogP) is 3.02. The van der Waals surface area contributed by atoms with Crippen LogP contribution in [0.15, 0.2) is 42.0 Å². The number of amides is 1. The number of carbonyl (C=O) groups is 1. The molecule has 0 spiro atoms. The summed E-state index contributed by atoms with van der Waals surface area (Å²) in [6.07, 6.45) is 3.61. The van der Waals surface area contributed by atoms with Gasteiger partial charge in [-0.05, 0) is 37.4 Å². The summed E-state index contributed by atoms with van der Waals surface area (Å²) in [6, 6.07) is 7.64. The molecule has 0 saturated carbocycles. The van der Waals surface area contributed by atoms with Gasteiger partial charge in [-0.2, -0.15) is 10.2 Å². The zero-order valence-electron chi connectivity index (χ0n) is 15.4. The van der Waals surface area contributed by atoms with Crippen LogP contribution in [-0.4, -0.2) is 36.5 Å². The Kier molecular flexibility index (Phi) is 4.49. The number of nitrogens with zero attached hydrogens (tertiary/aromatic N) is 5. The molecular weight excluding hydrogens is 360 g/mol. The molecule has 8 heteroatoms. The molecule has 7 nitrogen and oxygen atoms in total. The molecule has 4 heterocycles. The fourth-order valence-corrected chi connectivity index (χ4v) is 3.90. The maximum Gasteiger partial charge on any atom is 0.252 e. The largest absolute Gasteiger partial charge is 0.348 e. The third kappa shape index (κ3) is 3.35. The highest BCUT2D eigenvalue weighted by atomic mass is 32.1. The standard InChI is InChI=1S/C19H20N6OS/c1-12(11-25-8-5-7-20-25)21-19(26)14-10-15(16-6-4-9-27-16)22-18-17(14)13(2)23-24(18)3/h4-10,12H,11H2,1-3H3,(H,21,26)/t12-/m0/s1. The molecule has 0 fully saturated rings. The van der Waals surface area contributed by atoms with Crippen LogP contribution in [0.2, 0.25) is 0 Å². The third-order valence-electron chi connectivity index (χ3n) is 4.38. The number of hydrogen-bond donors (Lipinski definition) is 1. The van der Waals surface area contributed by atoms with Crippen LogP contribution in [0, 0.1) is 6.92 Å². The van der Waals surface area contributed by atoms with Gasteiger partial charge in [-0.1, -0.05) is 6.07 Å². The molecule has 0 bridgehead atoms. The lowest BCUT2D eigenvalue weighted by Crippen LogP contribution is -2.36. The van der Waals surface area contributed by atoms with Gasteiger partial charge in [-0.25, -0.2) is 4.98 Å². The fraction of sp³-hybridized carbons (Fsp3) is 0.263. The number of aromatic nitrogens is 5. The van der Waals surface area contributed by atoms with E-state index in [4.69, 9.17) is 4.98 Å². The van der Waals surface area contributed by atoms with Gasteiger partial charge in [-0.15, -0.1) is 11.3 Å².